The van der Waals surface area contributed by atoms with Gasteiger partial charge in [0.1, 0.15) is 5.82 Å². The average molecular weight is 533 g/mol. The second-order valence-electron chi connectivity index (χ2n) is 9.65. The van der Waals surface area contributed by atoms with Crippen LogP contribution in [0.5, 0.6) is 0 Å². The molecule has 0 spiro atoms. The molecule has 0 radical (unpaired) electrons. The van der Waals surface area contributed by atoms with Gasteiger partial charge < -0.3 is 0 Å². The van der Waals surface area contributed by atoms with Gasteiger partial charge >= 0.3 is 0 Å². The van der Waals surface area contributed by atoms with E-state index in [-0.39, 0.29) is 41.1 Å². The average Bonchev–Trinajstić information content (AvgIpc) is 3.52. The van der Waals surface area contributed by atoms with Crippen LogP contribution < -0.4 is 0 Å². The van der Waals surface area contributed by atoms with E-state index in [9.17, 15) is 0 Å². The van der Waals surface area contributed by atoms with Crippen molar-refractivity contribution in [1.82, 2.24) is 9.55 Å². The van der Waals surface area contributed by atoms with Gasteiger partial charge in [-0.2, -0.15) is 0 Å². The molecular formula is C39H26N2. The largest absolute Gasteiger partial charge is 0.291 e. The van der Waals surface area contributed by atoms with Crippen LogP contribution in [-0.4, -0.2) is 9.55 Å². The van der Waals surface area contributed by atoms with E-state index in [1.54, 1.807) is 12.1 Å². The molecule has 0 N–H and O–H groups in total. The van der Waals surface area contributed by atoms with E-state index in [4.69, 9.17) is 18.7 Å². The highest BCUT2D eigenvalue weighted by atomic mass is 15.1. The fraction of sp³-hybridized carbons (Fsp3) is 0. The molecule has 1 heterocycles. The summed E-state index contributed by atoms with van der Waals surface area (Å²) < 4.78 is 85.7. The highest BCUT2D eigenvalue weighted by Crippen LogP contribution is 2.43. The quantitative estimate of drug-likeness (QED) is 0.206. The molecule has 2 nitrogen and oxygen atoms in total. The number of imidazole rings is 1. The standard InChI is InChI=1S/C39H26N2/c1-3-13-27(14-4-1)28-23-25-29(26-24-28)37-31-17-7-9-19-33(31)38(34-20-10-8-18-32(34)37)41-36-22-12-11-21-35(36)40-39(41)30-15-5-2-6-16-30/h1-26H/i1D,2D,3D,4D,5D,6D,13D,14D,15D,16D. The number of hydrogen-bond acceptors (Lipinski definition) is 1. The lowest BCUT2D eigenvalue weighted by atomic mass is 9.89. The summed E-state index contributed by atoms with van der Waals surface area (Å²) in [6, 6.07) is 26.7. The third kappa shape index (κ3) is 3.84. The van der Waals surface area contributed by atoms with E-state index in [1.165, 1.54) is 0 Å². The number of fused-ring (bicyclic) bond motifs is 3. The molecule has 0 aliphatic carbocycles. The van der Waals surface area contributed by atoms with Gasteiger partial charge in [-0.25, -0.2) is 4.98 Å². The Morgan fingerprint density at radius 3 is 1.61 bits per heavy atom. The molecule has 0 bridgehead atoms. The fourth-order valence-electron chi connectivity index (χ4n) is 5.64. The molecule has 0 saturated carbocycles. The third-order valence-corrected chi connectivity index (χ3v) is 7.37. The van der Waals surface area contributed by atoms with Crippen molar-refractivity contribution >= 4 is 32.6 Å². The first-order valence-corrected chi connectivity index (χ1v) is 13.2. The van der Waals surface area contributed by atoms with Gasteiger partial charge in [0.05, 0.1) is 30.4 Å². The lowest BCUT2D eigenvalue weighted by molar-refractivity contribution is 1.13. The van der Waals surface area contributed by atoms with Gasteiger partial charge in [0.15, 0.2) is 0 Å². The molecule has 8 rings (SSSR count). The summed E-state index contributed by atoms with van der Waals surface area (Å²) >= 11 is 0. The van der Waals surface area contributed by atoms with Gasteiger partial charge in [-0.05, 0) is 45.2 Å². The van der Waals surface area contributed by atoms with Crippen LogP contribution in [0, 0.1) is 0 Å². The summed E-state index contributed by atoms with van der Waals surface area (Å²) in [7, 11) is 0. The van der Waals surface area contributed by atoms with Crippen molar-refractivity contribution in [3.63, 3.8) is 0 Å². The number of rotatable bonds is 4. The summed E-state index contributed by atoms with van der Waals surface area (Å²) in [5, 5.41) is 3.42. The van der Waals surface area contributed by atoms with Crippen molar-refractivity contribution in [2.45, 2.75) is 0 Å². The van der Waals surface area contributed by atoms with Crippen molar-refractivity contribution in [1.29, 1.82) is 0 Å². The van der Waals surface area contributed by atoms with Crippen LogP contribution >= 0.6 is 0 Å². The van der Waals surface area contributed by atoms with Gasteiger partial charge in [0.25, 0.3) is 0 Å². The van der Waals surface area contributed by atoms with Gasteiger partial charge in [0.2, 0.25) is 0 Å². The van der Waals surface area contributed by atoms with Crippen molar-refractivity contribution < 1.29 is 13.7 Å². The lowest BCUT2D eigenvalue weighted by Gasteiger charge is -2.20. The van der Waals surface area contributed by atoms with Gasteiger partial charge in [-0.1, -0.05) is 145 Å². The number of aromatic nitrogens is 2. The zero-order chi connectivity index (χ0) is 35.9. The molecule has 7 aromatic carbocycles. The second-order valence-corrected chi connectivity index (χ2v) is 9.65. The Hall–Kier alpha value is -5.47. The summed E-state index contributed by atoms with van der Waals surface area (Å²) in [5.74, 6) is 0.222. The second kappa shape index (κ2) is 9.62. The van der Waals surface area contributed by atoms with E-state index in [0.717, 1.165) is 38.4 Å². The van der Waals surface area contributed by atoms with E-state index in [0.29, 0.717) is 16.6 Å². The Morgan fingerprint density at radius 1 is 0.463 bits per heavy atom. The van der Waals surface area contributed by atoms with Crippen LogP contribution in [0.3, 0.4) is 0 Å². The van der Waals surface area contributed by atoms with Crippen LogP contribution in [0.15, 0.2) is 157 Å². The monoisotopic (exact) mass is 532 g/mol. The first-order chi connectivity index (χ1) is 24.5. The van der Waals surface area contributed by atoms with E-state index >= 15 is 0 Å². The summed E-state index contributed by atoms with van der Waals surface area (Å²) in [6.45, 7) is 0. The molecule has 0 amide bonds. The fourth-order valence-corrected chi connectivity index (χ4v) is 5.64. The molecule has 0 fully saturated rings. The maximum absolute atomic E-state index is 8.84. The maximum Gasteiger partial charge on any atom is 0.145 e. The first kappa shape index (κ1) is 15.4. The topological polar surface area (TPSA) is 17.8 Å². The van der Waals surface area contributed by atoms with E-state index < -0.39 is 36.3 Å². The minimum absolute atomic E-state index is 0.00215. The van der Waals surface area contributed by atoms with Gasteiger partial charge in [-0.3, -0.25) is 4.57 Å². The molecule has 192 valence electrons. The Labute approximate surface area is 252 Å². The first-order valence-electron chi connectivity index (χ1n) is 18.2. The molecule has 0 unspecified atom stereocenters. The molecule has 1 aromatic heterocycles. The van der Waals surface area contributed by atoms with Crippen molar-refractivity contribution in [2.75, 3.05) is 0 Å². The molecule has 0 atom stereocenters. The zero-order valence-corrected chi connectivity index (χ0v) is 21.6. The molecule has 0 saturated heterocycles. The summed E-state index contributed by atoms with van der Waals surface area (Å²) in [6.07, 6.45) is 0. The molecule has 0 aliphatic heterocycles. The van der Waals surface area contributed by atoms with Crippen molar-refractivity contribution in [3.05, 3.63) is 157 Å². The predicted octanol–water partition coefficient (Wildman–Crippen LogP) is 10.3. The van der Waals surface area contributed by atoms with Crippen LogP contribution in [0.1, 0.15) is 13.7 Å². The number of para-hydroxylation sites is 2. The van der Waals surface area contributed by atoms with Gasteiger partial charge in [-0.15, -0.1) is 0 Å². The maximum atomic E-state index is 8.84. The minimum Gasteiger partial charge on any atom is -0.291 e. The SMILES string of the molecule is [2H]c1c([2H])c([2H])c(-c2ccc(-c3c4ccccc4c(-n4c(-c5c([2H])c([2H])c([2H])c([2H])c5[2H])nc5ccccc54)c4ccccc34)cc2)c([2H])c1[2H]. The minimum atomic E-state index is -0.478. The lowest BCUT2D eigenvalue weighted by Crippen LogP contribution is -2.01. The predicted molar refractivity (Wildman–Crippen MR) is 172 cm³/mol. The van der Waals surface area contributed by atoms with Crippen LogP contribution in [-0.2, 0) is 0 Å². The number of nitrogens with zero attached hydrogens (tertiary/aromatic N) is 2. The third-order valence-electron chi connectivity index (χ3n) is 7.37. The molecule has 0 aliphatic rings. The van der Waals surface area contributed by atoms with Crippen LogP contribution in [0.25, 0.3) is 71.9 Å². The normalized spacial score (nSPS) is 14.8. The zero-order valence-electron chi connectivity index (χ0n) is 31.6. The van der Waals surface area contributed by atoms with Crippen molar-refractivity contribution in [2.24, 2.45) is 0 Å². The molecule has 41 heavy (non-hydrogen) atoms. The Balaban J connectivity index is 1.44. The van der Waals surface area contributed by atoms with Crippen LogP contribution in [0.4, 0.5) is 0 Å². The Bertz CT molecular complexity index is 2640. The Kier molecular flexibility index (Phi) is 3.60. The summed E-state index contributed by atoms with van der Waals surface area (Å²) in [4.78, 5) is 4.88. The van der Waals surface area contributed by atoms with Crippen molar-refractivity contribution in [3.8, 4) is 39.3 Å². The number of benzene rings is 7. The number of hydrogen-bond donors (Lipinski definition) is 0. The van der Waals surface area contributed by atoms with Crippen LogP contribution in [0.2, 0.25) is 0 Å². The van der Waals surface area contributed by atoms with E-state index in [2.05, 4.69) is 0 Å². The smallest absolute Gasteiger partial charge is 0.145 e. The summed E-state index contributed by atoms with van der Waals surface area (Å²) in [5.41, 5.74) is 4.40. The van der Waals surface area contributed by atoms with Gasteiger partial charge in [0, 0.05) is 16.3 Å². The molecular weight excluding hydrogens is 496 g/mol. The Morgan fingerprint density at radius 2 is 0.976 bits per heavy atom. The molecule has 2 heteroatoms. The highest BCUT2D eigenvalue weighted by molar-refractivity contribution is 6.19. The highest BCUT2D eigenvalue weighted by Gasteiger charge is 2.21. The van der Waals surface area contributed by atoms with E-state index in [1.807, 2.05) is 89.5 Å². The molecule has 8 aromatic rings.